The van der Waals surface area contributed by atoms with Crippen LogP contribution in [0.2, 0.25) is 0 Å². The topological polar surface area (TPSA) is 41.9 Å². The maximum atomic E-state index is 8.95. The molecular weight excluding hydrogens is 188 g/mol. The van der Waals surface area contributed by atoms with E-state index >= 15 is 0 Å². The van der Waals surface area contributed by atoms with Crippen LogP contribution in [0.4, 0.5) is 0 Å². The molecule has 0 aliphatic carbocycles. The minimum atomic E-state index is 0.631. The minimum Gasteiger partial charge on any atom is -0.467 e. The normalized spacial score (nSPS) is 10.1. The third-order valence-corrected chi connectivity index (χ3v) is 2.44. The first-order chi connectivity index (χ1) is 7.35. The lowest BCUT2D eigenvalue weighted by atomic mass is 10.3. The summed E-state index contributed by atoms with van der Waals surface area (Å²) in [6.45, 7) is 2.71. The maximum Gasteiger partial charge on any atom is 0.123 e. The van der Waals surface area contributed by atoms with Crippen molar-refractivity contribution in [3.05, 3.63) is 47.7 Å². The summed E-state index contributed by atoms with van der Waals surface area (Å²) in [7, 11) is 0. The second kappa shape index (κ2) is 4.05. The SMILES string of the molecule is CCc1ccc(C#N)n1Cc1ccco1. The van der Waals surface area contributed by atoms with Crippen molar-refractivity contribution in [3.63, 3.8) is 0 Å². The molecule has 0 radical (unpaired) electrons. The monoisotopic (exact) mass is 200 g/mol. The van der Waals surface area contributed by atoms with Crippen LogP contribution in [0.3, 0.4) is 0 Å². The van der Waals surface area contributed by atoms with Crippen molar-refractivity contribution in [1.82, 2.24) is 4.57 Å². The molecule has 2 heterocycles. The summed E-state index contributed by atoms with van der Waals surface area (Å²) >= 11 is 0. The van der Waals surface area contributed by atoms with E-state index in [2.05, 4.69) is 13.0 Å². The van der Waals surface area contributed by atoms with Crippen molar-refractivity contribution in [2.45, 2.75) is 19.9 Å². The summed E-state index contributed by atoms with van der Waals surface area (Å²) in [6, 6.07) is 9.80. The maximum absolute atomic E-state index is 8.95. The second-order valence-corrected chi connectivity index (χ2v) is 3.34. The molecule has 0 unspecified atom stereocenters. The van der Waals surface area contributed by atoms with Crippen LogP contribution in [0.1, 0.15) is 24.1 Å². The fraction of sp³-hybridized carbons (Fsp3) is 0.250. The quantitative estimate of drug-likeness (QED) is 0.764. The molecule has 15 heavy (non-hydrogen) atoms. The van der Waals surface area contributed by atoms with Gasteiger partial charge in [-0.1, -0.05) is 6.92 Å². The van der Waals surface area contributed by atoms with E-state index in [1.54, 1.807) is 6.26 Å². The standard InChI is InChI=1S/C12H12N2O/c1-2-10-5-6-11(8-13)14(10)9-12-4-3-7-15-12/h3-7H,2,9H2,1H3. The van der Waals surface area contributed by atoms with E-state index in [0.29, 0.717) is 12.2 Å². The van der Waals surface area contributed by atoms with Crippen molar-refractivity contribution < 1.29 is 4.42 Å². The van der Waals surface area contributed by atoms with Gasteiger partial charge in [-0.2, -0.15) is 5.26 Å². The van der Waals surface area contributed by atoms with E-state index in [0.717, 1.165) is 17.9 Å². The highest BCUT2D eigenvalue weighted by atomic mass is 16.3. The van der Waals surface area contributed by atoms with Crippen LogP contribution in [0.15, 0.2) is 34.9 Å². The number of nitrogens with zero attached hydrogens (tertiary/aromatic N) is 2. The van der Waals surface area contributed by atoms with Crippen molar-refractivity contribution in [2.24, 2.45) is 0 Å². The molecule has 2 rings (SSSR count). The van der Waals surface area contributed by atoms with Gasteiger partial charge in [0.25, 0.3) is 0 Å². The first-order valence-electron chi connectivity index (χ1n) is 4.96. The molecule has 0 fully saturated rings. The molecule has 0 N–H and O–H groups in total. The Morgan fingerprint density at radius 1 is 1.40 bits per heavy atom. The Balaban J connectivity index is 2.34. The molecule has 0 aromatic carbocycles. The van der Waals surface area contributed by atoms with Gasteiger partial charge in [0.15, 0.2) is 0 Å². The Kier molecular flexibility index (Phi) is 2.59. The third kappa shape index (κ3) is 1.79. The molecule has 2 aromatic rings. The molecule has 0 saturated heterocycles. The molecule has 3 nitrogen and oxygen atoms in total. The van der Waals surface area contributed by atoms with Crippen LogP contribution in [-0.2, 0) is 13.0 Å². The molecule has 0 amide bonds. The summed E-state index contributed by atoms with van der Waals surface area (Å²) < 4.78 is 7.26. The predicted octanol–water partition coefficient (Wildman–Crippen LogP) is 2.56. The van der Waals surface area contributed by atoms with Gasteiger partial charge in [0, 0.05) is 5.69 Å². The van der Waals surface area contributed by atoms with Crippen LogP contribution in [-0.4, -0.2) is 4.57 Å². The number of nitriles is 1. The van der Waals surface area contributed by atoms with E-state index in [-0.39, 0.29) is 0 Å². The van der Waals surface area contributed by atoms with Crippen LogP contribution in [0, 0.1) is 11.3 Å². The predicted molar refractivity (Wildman–Crippen MR) is 56.3 cm³/mol. The van der Waals surface area contributed by atoms with Gasteiger partial charge in [0.2, 0.25) is 0 Å². The van der Waals surface area contributed by atoms with Gasteiger partial charge in [-0.25, -0.2) is 0 Å². The van der Waals surface area contributed by atoms with Crippen LogP contribution in [0.5, 0.6) is 0 Å². The van der Waals surface area contributed by atoms with Gasteiger partial charge in [0.1, 0.15) is 17.5 Å². The molecule has 0 aliphatic rings. The number of aryl methyl sites for hydroxylation is 1. The Morgan fingerprint density at radius 3 is 2.87 bits per heavy atom. The van der Waals surface area contributed by atoms with Crippen molar-refractivity contribution in [2.75, 3.05) is 0 Å². The number of hydrogen-bond donors (Lipinski definition) is 0. The molecule has 0 aliphatic heterocycles. The average Bonchev–Trinajstić information content (AvgIpc) is 2.87. The van der Waals surface area contributed by atoms with Crippen molar-refractivity contribution in [1.29, 1.82) is 5.26 Å². The Morgan fingerprint density at radius 2 is 2.27 bits per heavy atom. The lowest BCUT2D eigenvalue weighted by Gasteiger charge is -2.06. The molecular formula is C12H12N2O. The van der Waals surface area contributed by atoms with Crippen LogP contribution < -0.4 is 0 Å². The highest BCUT2D eigenvalue weighted by Gasteiger charge is 2.07. The average molecular weight is 200 g/mol. The summed E-state index contributed by atoms with van der Waals surface area (Å²) in [5.41, 5.74) is 1.84. The molecule has 0 saturated carbocycles. The summed E-state index contributed by atoms with van der Waals surface area (Å²) in [6.07, 6.45) is 2.57. The fourth-order valence-corrected chi connectivity index (χ4v) is 1.66. The van der Waals surface area contributed by atoms with E-state index in [1.807, 2.05) is 28.8 Å². The summed E-state index contributed by atoms with van der Waals surface area (Å²) in [5.74, 6) is 0.873. The summed E-state index contributed by atoms with van der Waals surface area (Å²) in [5, 5.41) is 8.95. The number of furan rings is 1. The second-order valence-electron chi connectivity index (χ2n) is 3.34. The van der Waals surface area contributed by atoms with Gasteiger partial charge in [0.05, 0.1) is 12.8 Å². The van der Waals surface area contributed by atoms with Crippen LogP contribution in [0.25, 0.3) is 0 Å². The van der Waals surface area contributed by atoms with Gasteiger partial charge < -0.3 is 8.98 Å². The largest absolute Gasteiger partial charge is 0.467 e. The lowest BCUT2D eigenvalue weighted by molar-refractivity contribution is 0.489. The fourth-order valence-electron chi connectivity index (χ4n) is 1.66. The smallest absolute Gasteiger partial charge is 0.123 e. The Hall–Kier alpha value is -1.95. The number of hydrogen-bond acceptors (Lipinski definition) is 2. The molecule has 76 valence electrons. The zero-order chi connectivity index (χ0) is 10.7. The molecule has 0 atom stereocenters. The van der Waals surface area contributed by atoms with Gasteiger partial charge in [-0.3, -0.25) is 0 Å². The Labute approximate surface area is 88.6 Å². The lowest BCUT2D eigenvalue weighted by Crippen LogP contribution is -2.05. The Bertz CT molecular complexity index is 474. The van der Waals surface area contributed by atoms with Crippen molar-refractivity contribution in [3.8, 4) is 6.07 Å². The van der Waals surface area contributed by atoms with E-state index in [4.69, 9.17) is 9.68 Å². The first kappa shape index (κ1) is 9.60. The third-order valence-electron chi connectivity index (χ3n) is 2.44. The zero-order valence-electron chi connectivity index (χ0n) is 8.60. The van der Waals surface area contributed by atoms with E-state index < -0.39 is 0 Å². The van der Waals surface area contributed by atoms with Gasteiger partial charge in [-0.15, -0.1) is 0 Å². The molecule has 0 bridgehead atoms. The van der Waals surface area contributed by atoms with Crippen LogP contribution >= 0.6 is 0 Å². The molecule has 0 spiro atoms. The highest BCUT2D eigenvalue weighted by molar-refractivity contribution is 5.28. The number of rotatable bonds is 3. The van der Waals surface area contributed by atoms with Gasteiger partial charge in [-0.05, 0) is 30.7 Å². The number of aromatic nitrogens is 1. The highest BCUT2D eigenvalue weighted by Crippen LogP contribution is 2.13. The zero-order valence-corrected chi connectivity index (χ0v) is 8.60. The first-order valence-corrected chi connectivity index (χ1v) is 4.96. The van der Waals surface area contributed by atoms with E-state index in [9.17, 15) is 0 Å². The molecule has 3 heteroatoms. The van der Waals surface area contributed by atoms with E-state index in [1.165, 1.54) is 0 Å². The molecule has 2 aromatic heterocycles. The minimum absolute atomic E-state index is 0.631. The van der Waals surface area contributed by atoms with Gasteiger partial charge >= 0.3 is 0 Å². The van der Waals surface area contributed by atoms with Crippen molar-refractivity contribution >= 4 is 0 Å². The summed E-state index contributed by atoms with van der Waals surface area (Å²) in [4.78, 5) is 0.